The fraction of sp³-hybridized carbons (Fsp3) is 0.462. The van der Waals surface area contributed by atoms with E-state index in [1.54, 1.807) is 39.0 Å². The van der Waals surface area contributed by atoms with E-state index in [1.807, 2.05) is 0 Å². The zero-order valence-corrected chi connectivity index (χ0v) is 12.9. The highest BCUT2D eigenvalue weighted by Crippen LogP contribution is 2.36. The predicted octanol–water partition coefficient (Wildman–Crippen LogP) is 3.73. The van der Waals surface area contributed by atoms with E-state index in [1.165, 1.54) is 0 Å². The molecule has 1 unspecified atom stereocenters. The number of hydrogen-bond donors (Lipinski definition) is 1. The van der Waals surface area contributed by atoms with Gasteiger partial charge in [-0.1, -0.05) is 17.7 Å². The van der Waals surface area contributed by atoms with Crippen LogP contribution >= 0.6 is 27.5 Å². The zero-order valence-electron chi connectivity index (χ0n) is 10.5. The molecule has 18 heavy (non-hydrogen) atoms. The molecule has 100 valence electrons. The molecule has 0 aliphatic carbocycles. The summed E-state index contributed by atoms with van der Waals surface area (Å²) in [6.07, 6.45) is -0.970. The summed E-state index contributed by atoms with van der Waals surface area (Å²) in [7, 11) is 0. The van der Waals surface area contributed by atoms with Crippen molar-refractivity contribution < 1.29 is 14.6 Å². The average Bonchev–Trinajstić information content (AvgIpc) is 2.32. The number of ether oxygens (including phenoxy) is 1. The van der Waals surface area contributed by atoms with Crippen LogP contribution < -0.4 is 0 Å². The fourth-order valence-electron chi connectivity index (χ4n) is 1.53. The van der Waals surface area contributed by atoms with Crippen molar-refractivity contribution >= 4 is 33.5 Å². The first-order valence-corrected chi connectivity index (χ1v) is 6.78. The molecule has 0 aliphatic rings. The van der Waals surface area contributed by atoms with Gasteiger partial charge in [-0.25, -0.2) is 0 Å². The highest BCUT2D eigenvalue weighted by molar-refractivity contribution is 9.10. The molecule has 0 spiro atoms. The van der Waals surface area contributed by atoms with E-state index in [0.29, 0.717) is 10.6 Å². The van der Waals surface area contributed by atoms with Crippen molar-refractivity contribution in [2.75, 3.05) is 6.61 Å². The van der Waals surface area contributed by atoms with Gasteiger partial charge in [-0.05, 0) is 54.4 Å². The van der Waals surface area contributed by atoms with E-state index in [4.69, 9.17) is 16.3 Å². The van der Waals surface area contributed by atoms with Crippen LogP contribution in [-0.4, -0.2) is 17.7 Å². The first-order chi connectivity index (χ1) is 8.30. The first kappa shape index (κ1) is 15.5. The van der Waals surface area contributed by atoms with Crippen molar-refractivity contribution in [2.24, 2.45) is 5.41 Å². The largest absolute Gasteiger partial charge is 0.465 e. The van der Waals surface area contributed by atoms with Crippen molar-refractivity contribution in [1.29, 1.82) is 0 Å². The van der Waals surface area contributed by atoms with Crippen molar-refractivity contribution in [3.8, 4) is 0 Å². The molecule has 0 aliphatic heterocycles. The molecule has 0 saturated carbocycles. The van der Waals surface area contributed by atoms with Gasteiger partial charge in [0.1, 0.15) is 0 Å². The summed E-state index contributed by atoms with van der Waals surface area (Å²) < 4.78 is 5.71. The summed E-state index contributed by atoms with van der Waals surface area (Å²) in [5.74, 6) is -0.434. The maximum absolute atomic E-state index is 11.8. The number of esters is 1. The van der Waals surface area contributed by atoms with Gasteiger partial charge in [-0.3, -0.25) is 4.79 Å². The number of benzene rings is 1. The highest BCUT2D eigenvalue weighted by Gasteiger charge is 2.38. The van der Waals surface area contributed by atoms with Gasteiger partial charge in [0.15, 0.2) is 0 Å². The third kappa shape index (κ3) is 3.25. The van der Waals surface area contributed by atoms with Crippen LogP contribution in [0.1, 0.15) is 32.4 Å². The Labute approximate surface area is 120 Å². The molecule has 0 radical (unpaired) electrons. The zero-order chi connectivity index (χ0) is 13.9. The minimum atomic E-state index is -1.02. The third-order valence-corrected chi connectivity index (χ3v) is 3.98. The van der Waals surface area contributed by atoms with Gasteiger partial charge in [-0.15, -0.1) is 0 Å². The monoisotopic (exact) mass is 334 g/mol. The average molecular weight is 336 g/mol. The van der Waals surface area contributed by atoms with Gasteiger partial charge in [0.05, 0.1) is 23.1 Å². The Morgan fingerprint density at radius 1 is 1.56 bits per heavy atom. The van der Waals surface area contributed by atoms with Crippen molar-refractivity contribution in [3.05, 3.63) is 33.3 Å². The van der Waals surface area contributed by atoms with Crippen LogP contribution in [0.3, 0.4) is 0 Å². The smallest absolute Gasteiger partial charge is 0.314 e. The molecule has 0 bridgehead atoms. The Morgan fingerprint density at radius 3 is 2.67 bits per heavy atom. The molecule has 0 amide bonds. The van der Waals surface area contributed by atoms with Gasteiger partial charge >= 0.3 is 5.97 Å². The molecule has 0 fully saturated rings. The van der Waals surface area contributed by atoms with Crippen LogP contribution in [0.25, 0.3) is 0 Å². The molecule has 1 N–H and O–H groups in total. The summed E-state index contributed by atoms with van der Waals surface area (Å²) in [5, 5.41) is 10.8. The van der Waals surface area contributed by atoms with E-state index in [0.717, 1.165) is 4.47 Å². The van der Waals surface area contributed by atoms with Gasteiger partial charge in [-0.2, -0.15) is 0 Å². The number of hydrogen-bond acceptors (Lipinski definition) is 3. The topological polar surface area (TPSA) is 46.5 Å². The van der Waals surface area contributed by atoms with Crippen LogP contribution in [0, 0.1) is 5.41 Å². The minimum Gasteiger partial charge on any atom is -0.465 e. The number of carbonyl (C=O) groups excluding carboxylic acids is 1. The second-order valence-electron chi connectivity index (χ2n) is 4.52. The third-order valence-electron chi connectivity index (χ3n) is 2.74. The molecule has 1 rings (SSSR count). The summed E-state index contributed by atoms with van der Waals surface area (Å²) in [6.45, 7) is 5.31. The Balaban J connectivity index is 3.01. The Bertz CT molecular complexity index is 446. The molecule has 0 heterocycles. The molecular formula is C13H16BrClO3. The lowest BCUT2D eigenvalue weighted by Crippen LogP contribution is -2.33. The second-order valence-corrected chi connectivity index (χ2v) is 5.78. The molecule has 1 atom stereocenters. The van der Waals surface area contributed by atoms with Crippen molar-refractivity contribution in [2.45, 2.75) is 26.9 Å². The van der Waals surface area contributed by atoms with Crippen LogP contribution in [0.15, 0.2) is 22.7 Å². The standard InChI is InChI=1S/C13H16BrClO3/c1-4-18-12(17)13(2,3)11(16)8-5-6-9(14)10(15)7-8/h5-7,11,16H,4H2,1-3H3. The number of rotatable bonds is 4. The lowest BCUT2D eigenvalue weighted by Gasteiger charge is -2.28. The van der Waals surface area contributed by atoms with E-state index in [9.17, 15) is 9.90 Å². The Morgan fingerprint density at radius 2 is 2.17 bits per heavy atom. The van der Waals surface area contributed by atoms with Crippen LogP contribution in [-0.2, 0) is 9.53 Å². The van der Waals surface area contributed by atoms with Crippen LogP contribution in [0.2, 0.25) is 5.02 Å². The molecule has 0 saturated heterocycles. The Hall–Kier alpha value is -0.580. The molecule has 1 aromatic rings. The fourth-order valence-corrected chi connectivity index (χ4v) is 1.96. The summed E-state index contributed by atoms with van der Waals surface area (Å²) in [6, 6.07) is 5.10. The first-order valence-electron chi connectivity index (χ1n) is 5.61. The molecule has 3 nitrogen and oxygen atoms in total. The molecule has 5 heteroatoms. The lowest BCUT2D eigenvalue weighted by molar-refractivity contribution is -0.160. The van der Waals surface area contributed by atoms with Gasteiger partial charge in [0.25, 0.3) is 0 Å². The molecular weight excluding hydrogens is 319 g/mol. The lowest BCUT2D eigenvalue weighted by atomic mass is 9.83. The van der Waals surface area contributed by atoms with E-state index < -0.39 is 17.5 Å². The maximum atomic E-state index is 11.8. The minimum absolute atomic E-state index is 0.288. The number of aliphatic hydroxyl groups excluding tert-OH is 1. The Kier molecular flexibility index (Phi) is 5.20. The highest BCUT2D eigenvalue weighted by atomic mass is 79.9. The summed E-state index contributed by atoms with van der Waals surface area (Å²) in [5.41, 5.74) is -0.436. The summed E-state index contributed by atoms with van der Waals surface area (Å²) in [4.78, 5) is 11.8. The quantitative estimate of drug-likeness (QED) is 0.853. The van der Waals surface area contributed by atoms with Crippen LogP contribution in [0.4, 0.5) is 0 Å². The predicted molar refractivity (Wildman–Crippen MR) is 74.5 cm³/mol. The van der Waals surface area contributed by atoms with Crippen molar-refractivity contribution in [1.82, 2.24) is 0 Å². The van der Waals surface area contributed by atoms with Gasteiger partial charge in [0.2, 0.25) is 0 Å². The van der Waals surface area contributed by atoms with E-state index in [2.05, 4.69) is 15.9 Å². The molecule has 0 aromatic heterocycles. The van der Waals surface area contributed by atoms with Gasteiger partial charge < -0.3 is 9.84 Å². The second kappa shape index (κ2) is 6.04. The number of halogens is 2. The van der Waals surface area contributed by atoms with E-state index in [-0.39, 0.29) is 6.61 Å². The van der Waals surface area contributed by atoms with Gasteiger partial charge in [0, 0.05) is 4.47 Å². The normalized spacial score (nSPS) is 13.2. The summed E-state index contributed by atoms with van der Waals surface area (Å²) >= 11 is 9.25. The number of carbonyl (C=O) groups is 1. The number of aliphatic hydroxyl groups is 1. The van der Waals surface area contributed by atoms with Crippen LogP contribution in [0.5, 0.6) is 0 Å². The maximum Gasteiger partial charge on any atom is 0.314 e. The molecule has 1 aromatic carbocycles. The van der Waals surface area contributed by atoms with E-state index >= 15 is 0 Å². The van der Waals surface area contributed by atoms with Crippen molar-refractivity contribution in [3.63, 3.8) is 0 Å². The SMILES string of the molecule is CCOC(=O)C(C)(C)C(O)c1ccc(Br)c(Cl)c1.